The van der Waals surface area contributed by atoms with E-state index in [1.807, 2.05) is 17.1 Å². The largest absolute Gasteiger partial charge is 0.481 e. The predicted molar refractivity (Wildman–Crippen MR) is 118 cm³/mol. The Hall–Kier alpha value is -2.64. The first-order valence-corrected chi connectivity index (χ1v) is 11.7. The van der Waals surface area contributed by atoms with Crippen LogP contribution in [0.5, 0.6) is 0 Å². The summed E-state index contributed by atoms with van der Waals surface area (Å²) < 4.78 is 1.90. The number of pyridine rings is 1. The van der Waals surface area contributed by atoms with Crippen LogP contribution in [0.4, 0.5) is 5.69 Å². The molecule has 3 heterocycles. The van der Waals surface area contributed by atoms with Crippen LogP contribution in [0, 0.1) is 5.92 Å². The number of oxime groups is 1. The molecular weight excluding hydrogens is 394 g/mol. The van der Waals surface area contributed by atoms with Gasteiger partial charge in [0.2, 0.25) is 0 Å². The fourth-order valence-corrected chi connectivity index (χ4v) is 5.45. The van der Waals surface area contributed by atoms with Crippen LogP contribution in [-0.2, 0) is 16.2 Å². The fourth-order valence-electron chi connectivity index (χ4n) is 5.45. The Morgan fingerprint density at radius 1 is 1.23 bits per heavy atom. The molecule has 8 nitrogen and oxygen atoms in total. The molecule has 2 aromatic rings. The molecule has 8 heteroatoms. The van der Waals surface area contributed by atoms with E-state index in [9.17, 15) is 9.90 Å². The van der Waals surface area contributed by atoms with E-state index in [1.54, 1.807) is 0 Å². The number of carbonyl (C=O) groups is 1. The summed E-state index contributed by atoms with van der Waals surface area (Å²) >= 11 is 0. The lowest BCUT2D eigenvalue weighted by Crippen LogP contribution is -2.32. The molecule has 2 saturated carbocycles. The second-order valence-corrected chi connectivity index (χ2v) is 9.33. The van der Waals surface area contributed by atoms with E-state index in [0.29, 0.717) is 12.8 Å². The maximum Gasteiger partial charge on any atom is 0.306 e. The van der Waals surface area contributed by atoms with Crippen molar-refractivity contribution in [1.29, 1.82) is 0 Å². The third-order valence-corrected chi connectivity index (χ3v) is 7.31. The Morgan fingerprint density at radius 3 is 2.71 bits per heavy atom. The molecule has 0 atom stereocenters. The number of hydrogen-bond donors (Lipinski definition) is 2. The van der Waals surface area contributed by atoms with Crippen LogP contribution in [0.25, 0.3) is 11.0 Å². The third kappa shape index (κ3) is 3.77. The van der Waals surface area contributed by atoms with Gasteiger partial charge in [-0.1, -0.05) is 11.6 Å². The highest BCUT2D eigenvalue weighted by molar-refractivity contribution is 6.10. The number of anilines is 1. The Balaban J connectivity index is 1.45. The topological polar surface area (TPSA) is 102 Å². The summed E-state index contributed by atoms with van der Waals surface area (Å²) in [4.78, 5) is 22.1. The highest BCUT2D eigenvalue weighted by atomic mass is 16.7. The van der Waals surface area contributed by atoms with Crippen molar-refractivity contribution in [2.45, 2.75) is 89.3 Å². The normalized spacial score (nSPS) is 25.4. The van der Waals surface area contributed by atoms with Gasteiger partial charge in [-0.3, -0.25) is 4.79 Å². The Morgan fingerprint density at radius 2 is 2.00 bits per heavy atom. The number of hydrogen-bond acceptors (Lipinski definition) is 6. The Labute approximate surface area is 182 Å². The average Bonchev–Trinajstić information content (AvgIpc) is 3.39. The number of carboxylic acid groups (broad SMARTS) is 1. The summed E-state index contributed by atoms with van der Waals surface area (Å²) in [7, 11) is 0. The minimum Gasteiger partial charge on any atom is -0.481 e. The van der Waals surface area contributed by atoms with Gasteiger partial charge in [0.1, 0.15) is 5.60 Å². The molecule has 2 N–H and O–H groups in total. The first-order chi connectivity index (χ1) is 15.1. The van der Waals surface area contributed by atoms with Crippen molar-refractivity contribution in [3.63, 3.8) is 0 Å². The molecule has 2 aromatic heterocycles. The summed E-state index contributed by atoms with van der Waals surface area (Å²) in [5, 5.41) is 23.1. The van der Waals surface area contributed by atoms with Crippen LogP contribution in [0.1, 0.15) is 76.7 Å². The molecule has 5 rings (SSSR count). The van der Waals surface area contributed by atoms with Crippen LogP contribution in [0.2, 0.25) is 0 Å². The van der Waals surface area contributed by atoms with Crippen molar-refractivity contribution >= 4 is 28.4 Å². The van der Waals surface area contributed by atoms with Crippen LogP contribution < -0.4 is 5.32 Å². The third-order valence-electron chi connectivity index (χ3n) is 7.31. The number of aliphatic carboxylic acids is 1. The molecule has 166 valence electrons. The highest BCUT2D eigenvalue weighted by Crippen LogP contribution is 2.41. The quantitative estimate of drug-likeness (QED) is 0.739. The molecule has 0 unspecified atom stereocenters. The number of aromatic nitrogens is 3. The number of nitrogens with zero attached hydrogens (tertiary/aromatic N) is 4. The number of nitrogens with one attached hydrogen (secondary N) is 1. The maximum atomic E-state index is 11.3. The first-order valence-electron chi connectivity index (χ1n) is 11.7. The summed E-state index contributed by atoms with van der Waals surface area (Å²) in [5.74, 6) is -0.901. The minimum absolute atomic E-state index is 0.146. The SMILES string of the molecule is CCn1ncc2c(NC3CCC(C(=O)O)CC3)c(C3=NOC4(CCCCC4)C3)cnc21. The van der Waals surface area contributed by atoms with Crippen molar-refractivity contribution in [2.24, 2.45) is 11.1 Å². The number of carboxylic acids is 1. The number of aryl methyl sites for hydroxylation is 1. The van der Waals surface area contributed by atoms with Gasteiger partial charge >= 0.3 is 5.97 Å². The molecule has 31 heavy (non-hydrogen) atoms. The molecule has 1 spiro atoms. The second kappa shape index (κ2) is 8.13. The molecule has 1 aliphatic heterocycles. The van der Waals surface area contributed by atoms with Crippen molar-refractivity contribution in [2.75, 3.05) is 5.32 Å². The van der Waals surface area contributed by atoms with Gasteiger partial charge < -0.3 is 15.3 Å². The lowest BCUT2D eigenvalue weighted by Gasteiger charge is -2.30. The summed E-state index contributed by atoms with van der Waals surface area (Å²) in [6.45, 7) is 2.82. The van der Waals surface area contributed by atoms with Crippen molar-refractivity contribution in [1.82, 2.24) is 14.8 Å². The average molecular weight is 426 g/mol. The van der Waals surface area contributed by atoms with E-state index < -0.39 is 5.97 Å². The van der Waals surface area contributed by atoms with Gasteiger partial charge in [-0.25, -0.2) is 9.67 Å². The van der Waals surface area contributed by atoms with Gasteiger partial charge in [-0.15, -0.1) is 0 Å². The van der Waals surface area contributed by atoms with Gasteiger partial charge in [0, 0.05) is 30.8 Å². The Bertz CT molecular complexity index is 1000. The molecule has 0 aromatic carbocycles. The standard InChI is InChI=1S/C23H31N5O3/c1-2-28-21-18(14-25-28)20(26-16-8-6-15(7-9-16)22(29)30)17(13-24-21)19-12-23(31-27-19)10-4-3-5-11-23/h13-16H,2-12H2,1H3,(H,24,26)(H,29,30). The van der Waals surface area contributed by atoms with E-state index in [1.165, 1.54) is 19.3 Å². The van der Waals surface area contributed by atoms with Gasteiger partial charge in [-0.2, -0.15) is 5.10 Å². The zero-order chi connectivity index (χ0) is 21.4. The van der Waals surface area contributed by atoms with Crippen LogP contribution in [0.3, 0.4) is 0 Å². The van der Waals surface area contributed by atoms with Gasteiger partial charge in [0.15, 0.2) is 5.65 Å². The molecule has 0 saturated heterocycles. The monoisotopic (exact) mass is 425 g/mol. The molecule has 0 bridgehead atoms. The van der Waals surface area contributed by atoms with Crippen molar-refractivity contribution in [3.05, 3.63) is 18.0 Å². The molecular formula is C23H31N5O3. The summed E-state index contributed by atoms with van der Waals surface area (Å²) in [6.07, 6.45) is 13.5. The maximum absolute atomic E-state index is 11.3. The molecule has 0 radical (unpaired) electrons. The summed E-state index contributed by atoms with van der Waals surface area (Å²) in [6, 6.07) is 0.233. The van der Waals surface area contributed by atoms with E-state index in [4.69, 9.17) is 9.82 Å². The zero-order valence-electron chi connectivity index (χ0n) is 18.1. The fraction of sp³-hybridized carbons (Fsp3) is 0.652. The molecule has 2 aliphatic carbocycles. The van der Waals surface area contributed by atoms with E-state index in [2.05, 4.69) is 22.5 Å². The molecule has 3 aliphatic rings. The van der Waals surface area contributed by atoms with Crippen molar-refractivity contribution < 1.29 is 14.7 Å². The first kappa shape index (κ1) is 20.3. The summed E-state index contributed by atoms with van der Waals surface area (Å²) in [5.41, 5.74) is 3.68. The molecule has 0 amide bonds. The smallest absolute Gasteiger partial charge is 0.306 e. The Kier molecular flexibility index (Phi) is 5.32. The van der Waals surface area contributed by atoms with Gasteiger partial charge in [0.05, 0.1) is 28.9 Å². The minimum atomic E-state index is -0.676. The highest BCUT2D eigenvalue weighted by Gasteiger charge is 2.41. The van der Waals surface area contributed by atoms with E-state index in [0.717, 1.165) is 66.6 Å². The lowest BCUT2D eigenvalue weighted by atomic mass is 9.80. The zero-order valence-corrected chi connectivity index (χ0v) is 18.1. The van der Waals surface area contributed by atoms with E-state index in [-0.39, 0.29) is 17.6 Å². The van der Waals surface area contributed by atoms with Gasteiger partial charge in [0.25, 0.3) is 0 Å². The predicted octanol–water partition coefficient (Wildman–Crippen LogP) is 4.33. The van der Waals surface area contributed by atoms with E-state index >= 15 is 0 Å². The van der Waals surface area contributed by atoms with Crippen LogP contribution in [-0.4, -0.2) is 43.2 Å². The van der Waals surface area contributed by atoms with Crippen LogP contribution >= 0.6 is 0 Å². The second-order valence-electron chi connectivity index (χ2n) is 9.33. The lowest BCUT2D eigenvalue weighted by molar-refractivity contribution is -0.142. The van der Waals surface area contributed by atoms with Gasteiger partial charge in [-0.05, 0) is 58.3 Å². The number of rotatable bonds is 5. The number of fused-ring (bicyclic) bond motifs is 1. The van der Waals surface area contributed by atoms with Crippen LogP contribution in [0.15, 0.2) is 17.5 Å². The van der Waals surface area contributed by atoms with Crippen molar-refractivity contribution in [3.8, 4) is 0 Å². The molecule has 2 fully saturated rings.